The monoisotopic (exact) mass is 368 g/mol. The minimum Gasteiger partial charge on any atom is -0.316 e. The molecule has 0 fully saturated rings. The van der Waals surface area contributed by atoms with Gasteiger partial charge in [0.05, 0.1) is 16.4 Å². The van der Waals surface area contributed by atoms with Crippen molar-refractivity contribution in [3.05, 3.63) is 70.3 Å². The summed E-state index contributed by atoms with van der Waals surface area (Å²) in [4.78, 5) is 29.7. The molecule has 0 aliphatic heterocycles. The van der Waals surface area contributed by atoms with Gasteiger partial charge < -0.3 is 5.32 Å². The third-order valence-corrected chi connectivity index (χ3v) is 4.89. The van der Waals surface area contributed by atoms with Gasteiger partial charge in [0.2, 0.25) is 0 Å². The van der Waals surface area contributed by atoms with Crippen molar-refractivity contribution >= 4 is 23.4 Å². The number of hydrogen-bond acceptors (Lipinski definition) is 4. The van der Waals surface area contributed by atoms with E-state index in [0.29, 0.717) is 11.3 Å². The third-order valence-electron chi connectivity index (χ3n) is 4.08. The Balaban J connectivity index is 1.95. The maximum absolute atomic E-state index is 12.9. The summed E-state index contributed by atoms with van der Waals surface area (Å²) in [6, 6.07) is 12.7. The lowest BCUT2D eigenvalue weighted by Gasteiger charge is -2.07. The molecule has 0 aliphatic carbocycles. The largest absolute Gasteiger partial charge is 0.316 e. The van der Waals surface area contributed by atoms with Gasteiger partial charge in [-0.05, 0) is 36.9 Å². The lowest BCUT2D eigenvalue weighted by Crippen LogP contribution is -2.23. The molecule has 0 radical (unpaired) electrons. The van der Waals surface area contributed by atoms with Crippen molar-refractivity contribution in [1.82, 2.24) is 14.3 Å². The first-order chi connectivity index (χ1) is 12.5. The molecule has 26 heavy (non-hydrogen) atoms. The molecule has 134 valence electrons. The number of hydrogen-bond donors (Lipinski definition) is 1. The van der Waals surface area contributed by atoms with Crippen LogP contribution in [0.3, 0.4) is 0 Å². The van der Waals surface area contributed by atoms with E-state index in [-0.39, 0.29) is 17.2 Å². The lowest BCUT2D eigenvalue weighted by atomic mass is 10.2. The molecule has 6 nitrogen and oxygen atoms in total. The van der Waals surface area contributed by atoms with Crippen LogP contribution in [0.4, 0.5) is 5.69 Å². The Morgan fingerprint density at radius 3 is 2.65 bits per heavy atom. The van der Waals surface area contributed by atoms with Crippen LogP contribution in [-0.4, -0.2) is 26.0 Å². The molecule has 0 saturated carbocycles. The summed E-state index contributed by atoms with van der Waals surface area (Å²) in [6.45, 7) is 3.83. The van der Waals surface area contributed by atoms with Gasteiger partial charge in [0.1, 0.15) is 5.69 Å². The molecule has 3 rings (SSSR count). The summed E-state index contributed by atoms with van der Waals surface area (Å²) >= 11 is 1.56. The minimum absolute atomic E-state index is 0.262. The average molecular weight is 368 g/mol. The van der Waals surface area contributed by atoms with Crippen LogP contribution in [0.25, 0.3) is 5.69 Å². The highest BCUT2D eigenvalue weighted by atomic mass is 32.2. The highest BCUT2D eigenvalue weighted by molar-refractivity contribution is 7.99. The van der Waals surface area contributed by atoms with Crippen molar-refractivity contribution in [3.8, 4) is 5.69 Å². The fourth-order valence-corrected chi connectivity index (χ4v) is 3.32. The van der Waals surface area contributed by atoms with Crippen LogP contribution in [0, 0.1) is 6.92 Å². The maximum atomic E-state index is 12.9. The zero-order chi connectivity index (χ0) is 18.7. The Morgan fingerprint density at radius 1 is 1.23 bits per heavy atom. The molecule has 2 heterocycles. The molecule has 0 aliphatic rings. The fraction of sp³-hybridized carbons (Fsp3) is 0.211. The number of carbonyl (C=O) groups excluding carboxylic acids is 1. The van der Waals surface area contributed by atoms with Gasteiger partial charge >= 0.3 is 0 Å². The first kappa shape index (κ1) is 18.0. The average Bonchev–Trinajstić information content (AvgIpc) is 2.86. The molecule has 3 aromatic rings. The van der Waals surface area contributed by atoms with E-state index < -0.39 is 0 Å². The highest BCUT2D eigenvalue weighted by Gasteiger charge is 2.19. The van der Waals surface area contributed by atoms with Crippen molar-refractivity contribution in [2.24, 2.45) is 7.05 Å². The maximum Gasteiger partial charge on any atom is 0.295 e. The highest BCUT2D eigenvalue weighted by Crippen LogP contribution is 2.18. The smallest absolute Gasteiger partial charge is 0.295 e. The van der Waals surface area contributed by atoms with E-state index >= 15 is 0 Å². The number of carbonyl (C=O) groups is 1. The van der Waals surface area contributed by atoms with Gasteiger partial charge in [-0.1, -0.05) is 25.1 Å². The lowest BCUT2D eigenvalue weighted by molar-refractivity contribution is 0.102. The Kier molecular flexibility index (Phi) is 5.27. The SMILES string of the molecule is CCSc1cc(C(=O)Nc2c(C)n(C)n(-c3ccccc3)c2=O)ccn1. The molecule has 0 atom stereocenters. The quantitative estimate of drug-likeness (QED) is 0.702. The number of nitrogens with zero attached hydrogens (tertiary/aromatic N) is 3. The molecule has 1 amide bonds. The van der Waals surface area contributed by atoms with Gasteiger partial charge in [0, 0.05) is 18.8 Å². The first-order valence-corrected chi connectivity index (χ1v) is 9.25. The second kappa shape index (κ2) is 7.61. The molecule has 0 unspecified atom stereocenters. The Morgan fingerprint density at radius 2 is 1.96 bits per heavy atom. The van der Waals surface area contributed by atoms with Gasteiger partial charge in [-0.25, -0.2) is 9.67 Å². The Labute approximate surface area is 155 Å². The van der Waals surface area contributed by atoms with Crippen LogP contribution in [0.15, 0.2) is 58.5 Å². The third kappa shape index (κ3) is 3.43. The summed E-state index contributed by atoms with van der Waals surface area (Å²) in [5.41, 5.74) is 1.92. The summed E-state index contributed by atoms with van der Waals surface area (Å²) < 4.78 is 3.27. The number of rotatable bonds is 5. The second-order valence-corrected chi connectivity index (χ2v) is 6.99. The van der Waals surface area contributed by atoms with Crippen LogP contribution in [0.5, 0.6) is 0 Å². The minimum atomic E-state index is -0.323. The molecule has 2 aromatic heterocycles. The number of pyridine rings is 1. The number of amides is 1. The topological polar surface area (TPSA) is 68.9 Å². The van der Waals surface area contributed by atoms with E-state index in [9.17, 15) is 9.59 Å². The standard InChI is InChI=1S/C19H20N4O2S/c1-4-26-16-12-14(10-11-20-16)18(24)21-17-13(2)22(3)23(19(17)25)15-8-6-5-7-9-15/h5-12H,4H2,1-3H3,(H,21,24). The molecule has 0 bridgehead atoms. The van der Waals surface area contributed by atoms with E-state index in [0.717, 1.165) is 16.5 Å². The molecule has 1 aromatic carbocycles. The molecule has 0 saturated heterocycles. The molecule has 7 heteroatoms. The van der Waals surface area contributed by atoms with Crippen LogP contribution in [0.1, 0.15) is 23.0 Å². The van der Waals surface area contributed by atoms with Gasteiger partial charge in [0.15, 0.2) is 0 Å². The van der Waals surface area contributed by atoms with Crippen molar-refractivity contribution in [2.75, 3.05) is 11.1 Å². The number of thioether (sulfide) groups is 1. The van der Waals surface area contributed by atoms with Crippen molar-refractivity contribution in [1.29, 1.82) is 0 Å². The summed E-state index contributed by atoms with van der Waals surface area (Å²) in [7, 11) is 1.79. The fourth-order valence-electron chi connectivity index (χ4n) is 2.68. The predicted octanol–water partition coefficient (Wildman–Crippen LogP) is 3.24. The molecular weight excluding hydrogens is 348 g/mol. The number of nitrogens with one attached hydrogen (secondary N) is 1. The van der Waals surface area contributed by atoms with Crippen LogP contribution in [-0.2, 0) is 7.05 Å². The summed E-state index contributed by atoms with van der Waals surface area (Å²) in [5.74, 6) is 0.550. The molecule has 0 spiro atoms. The summed E-state index contributed by atoms with van der Waals surface area (Å²) in [5, 5.41) is 3.55. The van der Waals surface area contributed by atoms with E-state index in [1.807, 2.05) is 37.3 Å². The van der Waals surface area contributed by atoms with E-state index in [4.69, 9.17) is 0 Å². The zero-order valence-corrected chi connectivity index (χ0v) is 15.7. The van der Waals surface area contributed by atoms with Crippen molar-refractivity contribution < 1.29 is 4.79 Å². The van der Waals surface area contributed by atoms with Gasteiger partial charge in [-0.2, -0.15) is 0 Å². The number of aromatic nitrogens is 3. The summed E-state index contributed by atoms with van der Waals surface area (Å²) in [6.07, 6.45) is 1.60. The Hall–Kier alpha value is -2.80. The van der Waals surface area contributed by atoms with E-state index in [2.05, 4.69) is 10.3 Å². The normalized spacial score (nSPS) is 10.7. The van der Waals surface area contributed by atoms with Gasteiger partial charge in [0.25, 0.3) is 11.5 Å². The van der Waals surface area contributed by atoms with Crippen molar-refractivity contribution in [3.63, 3.8) is 0 Å². The van der Waals surface area contributed by atoms with Gasteiger partial charge in [-0.3, -0.25) is 14.3 Å². The van der Waals surface area contributed by atoms with E-state index in [1.54, 1.807) is 48.7 Å². The number of benzene rings is 1. The van der Waals surface area contributed by atoms with Crippen LogP contribution in [0.2, 0.25) is 0 Å². The van der Waals surface area contributed by atoms with Crippen molar-refractivity contribution in [2.45, 2.75) is 18.9 Å². The molecular formula is C19H20N4O2S. The Bertz CT molecular complexity index is 993. The first-order valence-electron chi connectivity index (χ1n) is 8.27. The number of para-hydroxylation sites is 1. The van der Waals surface area contributed by atoms with Gasteiger partial charge in [-0.15, -0.1) is 11.8 Å². The molecule has 1 N–H and O–H groups in total. The van der Waals surface area contributed by atoms with Crippen LogP contribution >= 0.6 is 11.8 Å². The zero-order valence-electron chi connectivity index (χ0n) is 14.9. The predicted molar refractivity (Wildman–Crippen MR) is 104 cm³/mol. The number of anilines is 1. The van der Waals surface area contributed by atoms with E-state index in [1.165, 1.54) is 4.68 Å². The second-order valence-electron chi connectivity index (χ2n) is 5.71. The van der Waals surface area contributed by atoms with Crippen LogP contribution < -0.4 is 10.9 Å².